The van der Waals surface area contributed by atoms with Crippen LogP contribution in [0.25, 0.3) is 5.76 Å². The molecule has 5 nitrogen and oxygen atoms in total. The van der Waals surface area contributed by atoms with Gasteiger partial charge in [0.15, 0.2) is 0 Å². The van der Waals surface area contributed by atoms with Crippen LogP contribution < -0.4 is 0 Å². The average molecular weight is 435 g/mol. The van der Waals surface area contributed by atoms with Crippen LogP contribution in [0.5, 0.6) is 0 Å². The predicted molar refractivity (Wildman–Crippen MR) is 128 cm³/mol. The minimum atomic E-state index is -0.618. The first-order valence-electron chi connectivity index (χ1n) is 11.5. The van der Waals surface area contributed by atoms with E-state index in [1.54, 1.807) is 17.0 Å². The monoisotopic (exact) mass is 434 g/mol. The van der Waals surface area contributed by atoms with Gasteiger partial charge in [-0.2, -0.15) is 0 Å². The lowest BCUT2D eigenvalue weighted by Gasteiger charge is -2.27. The fourth-order valence-corrected chi connectivity index (χ4v) is 4.28. The number of carbonyl (C=O) groups is 2. The maximum atomic E-state index is 13.1. The van der Waals surface area contributed by atoms with Crippen molar-refractivity contribution in [3.05, 3.63) is 76.9 Å². The quantitative estimate of drug-likeness (QED) is 0.344. The van der Waals surface area contributed by atoms with Gasteiger partial charge in [0.1, 0.15) is 5.76 Å². The standard InChI is InChI=1S/C27H34N2O3/c1-5-28(6-2)17-10-18-29-24(21-15-13-20(14-16-21)19(3)4)23(26(31)27(29)32)25(30)22-11-8-7-9-12-22/h7-9,11-16,19,24,30H,5-6,10,17-18H2,1-4H3/b25-23+. The highest BCUT2D eigenvalue weighted by molar-refractivity contribution is 6.46. The van der Waals surface area contributed by atoms with Gasteiger partial charge in [0, 0.05) is 12.1 Å². The van der Waals surface area contributed by atoms with Gasteiger partial charge in [-0.1, -0.05) is 82.3 Å². The smallest absolute Gasteiger partial charge is 0.295 e. The normalized spacial score (nSPS) is 18.2. The highest BCUT2D eigenvalue weighted by Crippen LogP contribution is 2.39. The van der Waals surface area contributed by atoms with Crippen molar-refractivity contribution >= 4 is 17.4 Å². The second-order valence-electron chi connectivity index (χ2n) is 8.56. The summed E-state index contributed by atoms with van der Waals surface area (Å²) in [4.78, 5) is 30.1. The van der Waals surface area contributed by atoms with Crippen LogP contribution in [0, 0.1) is 0 Å². The molecular weight excluding hydrogens is 400 g/mol. The van der Waals surface area contributed by atoms with Crippen molar-refractivity contribution < 1.29 is 14.7 Å². The molecule has 2 aromatic carbocycles. The Morgan fingerprint density at radius 3 is 2.19 bits per heavy atom. The number of aliphatic hydroxyl groups is 1. The largest absolute Gasteiger partial charge is 0.507 e. The van der Waals surface area contributed by atoms with Crippen molar-refractivity contribution in [2.45, 2.75) is 46.1 Å². The van der Waals surface area contributed by atoms with Crippen molar-refractivity contribution in [1.82, 2.24) is 9.80 Å². The number of benzene rings is 2. The second-order valence-corrected chi connectivity index (χ2v) is 8.56. The van der Waals surface area contributed by atoms with Gasteiger partial charge in [0.25, 0.3) is 11.7 Å². The van der Waals surface area contributed by atoms with Crippen LogP contribution in [0.4, 0.5) is 0 Å². The number of hydrogen-bond donors (Lipinski definition) is 1. The summed E-state index contributed by atoms with van der Waals surface area (Å²) in [5.41, 5.74) is 2.74. The summed E-state index contributed by atoms with van der Waals surface area (Å²) >= 11 is 0. The minimum Gasteiger partial charge on any atom is -0.507 e. The first-order chi connectivity index (χ1) is 15.4. The molecule has 1 fully saturated rings. The van der Waals surface area contributed by atoms with Crippen molar-refractivity contribution in [2.75, 3.05) is 26.2 Å². The molecule has 1 atom stereocenters. The molecule has 0 saturated carbocycles. The first-order valence-corrected chi connectivity index (χ1v) is 11.5. The average Bonchev–Trinajstić information content (AvgIpc) is 3.07. The summed E-state index contributed by atoms with van der Waals surface area (Å²) in [7, 11) is 0. The SMILES string of the molecule is CCN(CC)CCCN1C(=O)C(=O)/C(=C(/O)c2ccccc2)C1c1ccc(C(C)C)cc1. The highest BCUT2D eigenvalue weighted by Gasteiger charge is 2.45. The molecule has 1 N–H and O–H groups in total. The molecule has 1 aliphatic heterocycles. The van der Waals surface area contributed by atoms with Crippen molar-refractivity contribution in [2.24, 2.45) is 0 Å². The lowest BCUT2D eigenvalue weighted by Crippen LogP contribution is -2.33. The molecule has 170 valence electrons. The van der Waals surface area contributed by atoms with Gasteiger partial charge in [-0.05, 0) is 43.1 Å². The molecule has 1 saturated heterocycles. The molecule has 1 unspecified atom stereocenters. The van der Waals surface area contributed by atoms with Crippen LogP contribution in [0.2, 0.25) is 0 Å². The van der Waals surface area contributed by atoms with E-state index in [1.165, 1.54) is 5.56 Å². The molecule has 0 radical (unpaired) electrons. The fraction of sp³-hybridized carbons (Fsp3) is 0.407. The Morgan fingerprint density at radius 1 is 1.00 bits per heavy atom. The van der Waals surface area contributed by atoms with E-state index in [1.807, 2.05) is 42.5 Å². The zero-order valence-corrected chi connectivity index (χ0v) is 19.5. The third-order valence-corrected chi connectivity index (χ3v) is 6.27. The van der Waals surface area contributed by atoms with Crippen LogP contribution in [-0.2, 0) is 9.59 Å². The Kier molecular flexibility index (Phi) is 7.86. The second kappa shape index (κ2) is 10.6. The lowest BCUT2D eigenvalue weighted by atomic mass is 9.93. The molecule has 1 amide bonds. The van der Waals surface area contributed by atoms with Gasteiger partial charge in [-0.15, -0.1) is 0 Å². The summed E-state index contributed by atoms with van der Waals surface area (Å²) in [5.74, 6) is -0.894. The number of likely N-dealkylation sites (tertiary alicyclic amines) is 1. The first kappa shape index (κ1) is 23.7. The lowest BCUT2D eigenvalue weighted by molar-refractivity contribution is -0.140. The van der Waals surface area contributed by atoms with E-state index in [2.05, 4.69) is 32.6 Å². The van der Waals surface area contributed by atoms with E-state index < -0.39 is 17.7 Å². The summed E-state index contributed by atoms with van der Waals surface area (Å²) in [6.07, 6.45) is 0.765. The maximum Gasteiger partial charge on any atom is 0.295 e. The number of ketones is 1. The molecule has 1 aliphatic rings. The van der Waals surface area contributed by atoms with Crippen LogP contribution in [-0.4, -0.2) is 52.8 Å². The van der Waals surface area contributed by atoms with Gasteiger partial charge >= 0.3 is 0 Å². The number of amides is 1. The Morgan fingerprint density at radius 2 is 1.62 bits per heavy atom. The summed E-state index contributed by atoms with van der Waals surface area (Å²) < 4.78 is 0. The van der Waals surface area contributed by atoms with Crippen LogP contribution in [0.15, 0.2) is 60.2 Å². The molecule has 5 heteroatoms. The molecule has 0 spiro atoms. The molecule has 1 heterocycles. The number of nitrogens with zero attached hydrogens (tertiary/aromatic N) is 2. The van der Waals surface area contributed by atoms with Gasteiger partial charge in [-0.25, -0.2) is 0 Å². The third kappa shape index (κ3) is 4.94. The van der Waals surface area contributed by atoms with Crippen LogP contribution >= 0.6 is 0 Å². The number of rotatable bonds is 9. The van der Waals surface area contributed by atoms with Gasteiger partial charge < -0.3 is 14.9 Å². The predicted octanol–water partition coefficient (Wildman–Crippen LogP) is 4.96. The molecule has 2 aromatic rings. The van der Waals surface area contributed by atoms with E-state index in [0.717, 1.165) is 31.6 Å². The zero-order valence-electron chi connectivity index (χ0n) is 19.5. The van der Waals surface area contributed by atoms with E-state index >= 15 is 0 Å². The Bertz CT molecular complexity index is 960. The van der Waals surface area contributed by atoms with Gasteiger partial charge in [0.05, 0.1) is 11.6 Å². The molecular formula is C27H34N2O3. The highest BCUT2D eigenvalue weighted by atomic mass is 16.3. The van der Waals surface area contributed by atoms with E-state index in [4.69, 9.17) is 0 Å². The molecule has 32 heavy (non-hydrogen) atoms. The van der Waals surface area contributed by atoms with Crippen LogP contribution in [0.3, 0.4) is 0 Å². The number of carbonyl (C=O) groups excluding carboxylic acids is 2. The van der Waals surface area contributed by atoms with Gasteiger partial charge in [0.2, 0.25) is 0 Å². The van der Waals surface area contributed by atoms with E-state index in [9.17, 15) is 14.7 Å². The number of aliphatic hydroxyl groups excluding tert-OH is 1. The molecule has 0 bridgehead atoms. The summed E-state index contributed by atoms with van der Waals surface area (Å²) in [5, 5.41) is 11.1. The topological polar surface area (TPSA) is 60.9 Å². The third-order valence-electron chi connectivity index (χ3n) is 6.27. The van der Waals surface area contributed by atoms with Gasteiger partial charge in [-0.3, -0.25) is 9.59 Å². The van der Waals surface area contributed by atoms with Crippen molar-refractivity contribution in [3.63, 3.8) is 0 Å². The Labute approximate surface area is 191 Å². The zero-order chi connectivity index (χ0) is 23.3. The van der Waals surface area contributed by atoms with E-state index in [-0.39, 0.29) is 11.3 Å². The summed E-state index contributed by atoms with van der Waals surface area (Å²) in [6.45, 7) is 11.7. The van der Waals surface area contributed by atoms with Crippen molar-refractivity contribution in [1.29, 1.82) is 0 Å². The minimum absolute atomic E-state index is 0.117. The number of Topliss-reactive ketones (excluding diaryl/α,β-unsaturated/α-hetero) is 1. The number of hydrogen-bond acceptors (Lipinski definition) is 4. The Balaban J connectivity index is 2.01. The van der Waals surface area contributed by atoms with Crippen LogP contribution in [0.1, 0.15) is 62.8 Å². The maximum absolute atomic E-state index is 13.1. The molecule has 0 aliphatic carbocycles. The Hall–Kier alpha value is -2.92. The summed E-state index contributed by atoms with van der Waals surface area (Å²) in [6, 6.07) is 16.4. The fourth-order valence-electron chi connectivity index (χ4n) is 4.28. The van der Waals surface area contributed by atoms with E-state index in [0.29, 0.717) is 18.0 Å². The van der Waals surface area contributed by atoms with Crippen molar-refractivity contribution in [3.8, 4) is 0 Å². The molecule has 3 rings (SSSR count). The molecule has 0 aromatic heterocycles.